The third kappa shape index (κ3) is 3.41. The maximum absolute atomic E-state index is 5.24. The quantitative estimate of drug-likeness (QED) is 0.721. The minimum Gasteiger partial charge on any atom is -0.339 e. The highest BCUT2D eigenvalue weighted by molar-refractivity contribution is 7.98. The molecule has 0 saturated heterocycles. The molecule has 0 amide bonds. The van der Waals surface area contributed by atoms with Crippen LogP contribution in [0.15, 0.2) is 9.68 Å². The molecule has 112 valence electrons. The van der Waals surface area contributed by atoms with Gasteiger partial charge in [0.15, 0.2) is 5.82 Å². The lowest BCUT2D eigenvalue weighted by molar-refractivity contribution is 0.375. The molecule has 0 aromatic carbocycles. The maximum Gasteiger partial charge on any atom is 0.229 e. The van der Waals surface area contributed by atoms with Crippen molar-refractivity contribution < 1.29 is 4.52 Å². The standard InChI is InChI=1S/C12H17N7OS/c1-2-8(1)11-14-10(16-20-11)7-21-12-15-17-18-19(12)6-5-13-9-3-4-9/h8-9,13H,1-7H2. The molecule has 9 heteroatoms. The molecule has 2 aliphatic carbocycles. The van der Waals surface area contributed by atoms with Crippen molar-refractivity contribution >= 4 is 11.8 Å². The van der Waals surface area contributed by atoms with E-state index in [9.17, 15) is 0 Å². The highest BCUT2D eigenvalue weighted by atomic mass is 32.2. The number of hydrogen-bond donors (Lipinski definition) is 1. The summed E-state index contributed by atoms with van der Waals surface area (Å²) in [5.41, 5.74) is 0. The van der Waals surface area contributed by atoms with Crippen LogP contribution >= 0.6 is 11.8 Å². The summed E-state index contributed by atoms with van der Waals surface area (Å²) in [5, 5.41) is 20.1. The Balaban J connectivity index is 1.29. The Labute approximate surface area is 126 Å². The van der Waals surface area contributed by atoms with Gasteiger partial charge in [0.2, 0.25) is 11.0 Å². The third-order valence-electron chi connectivity index (χ3n) is 3.57. The Kier molecular flexibility index (Phi) is 3.60. The Morgan fingerprint density at radius 2 is 2.19 bits per heavy atom. The van der Waals surface area contributed by atoms with E-state index in [1.54, 1.807) is 11.8 Å². The van der Waals surface area contributed by atoms with Gasteiger partial charge in [0.1, 0.15) is 0 Å². The maximum atomic E-state index is 5.24. The summed E-state index contributed by atoms with van der Waals surface area (Å²) in [4.78, 5) is 4.41. The van der Waals surface area contributed by atoms with Crippen molar-refractivity contribution in [2.75, 3.05) is 6.54 Å². The van der Waals surface area contributed by atoms with Crippen LogP contribution in [-0.4, -0.2) is 42.9 Å². The highest BCUT2D eigenvalue weighted by Gasteiger charge is 2.29. The number of tetrazole rings is 1. The number of hydrogen-bond acceptors (Lipinski definition) is 8. The Bertz CT molecular complexity index is 604. The van der Waals surface area contributed by atoms with E-state index in [1.165, 1.54) is 25.7 Å². The van der Waals surface area contributed by atoms with E-state index >= 15 is 0 Å². The number of thioether (sulfide) groups is 1. The summed E-state index contributed by atoms with van der Waals surface area (Å²) >= 11 is 1.54. The van der Waals surface area contributed by atoms with Crippen molar-refractivity contribution in [2.24, 2.45) is 0 Å². The molecule has 0 bridgehead atoms. The molecule has 2 saturated carbocycles. The van der Waals surface area contributed by atoms with E-state index in [0.717, 1.165) is 24.1 Å². The van der Waals surface area contributed by atoms with Crippen LogP contribution in [0.2, 0.25) is 0 Å². The van der Waals surface area contributed by atoms with Gasteiger partial charge in [0, 0.05) is 18.5 Å². The monoisotopic (exact) mass is 307 g/mol. The van der Waals surface area contributed by atoms with Gasteiger partial charge >= 0.3 is 0 Å². The van der Waals surface area contributed by atoms with Crippen LogP contribution in [0.1, 0.15) is 43.3 Å². The number of nitrogens with one attached hydrogen (secondary N) is 1. The Morgan fingerprint density at radius 3 is 3.00 bits per heavy atom. The fourth-order valence-electron chi connectivity index (χ4n) is 2.05. The molecule has 2 aliphatic rings. The van der Waals surface area contributed by atoms with Gasteiger partial charge in [-0.15, -0.1) is 5.10 Å². The van der Waals surface area contributed by atoms with Crippen LogP contribution < -0.4 is 5.32 Å². The molecule has 4 rings (SSSR count). The fraction of sp³-hybridized carbons (Fsp3) is 0.750. The van der Waals surface area contributed by atoms with Gasteiger partial charge in [-0.1, -0.05) is 16.9 Å². The van der Waals surface area contributed by atoms with Gasteiger partial charge < -0.3 is 9.84 Å². The molecular formula is C12H17N7OS. The predicted octanol–water partition coefficient (Wildman–Crippen LogP) is 0.978. The van der Waals surface area contributed by atoms with E-state index in [-0.39, 0.29) is 0 Å². The Hall–Kier alpha value is -1.48. The molecule has 8 nitrogen and oxygen atoms in total. The molecule has 0 atom stereocenters. The van der Waals surface area contributed by atoms with Crippen LogP contribution in [0.3, 0.4) is 0 Å². The third-order valence-corrected chi connectivity index (χ3v) is 4.53. The summed E-state index contributed by atoms with van der Waals surface area (Å²) in [6.07, 6.45) is 4.92. The SMILES string of the molecule is C(Cn1nnnc1SCc1noc(C2CC2)n1)NC1CC1. The minimum atomic E-state index is 0.495. The molecule has 1 N–H and O–H groups in total. The molecule has 0 unspecified atom stereocenters. The van der Waals surface area contributed by atoms with Gasteiger partial charge in [-0.3, -0.25) is 0 Å². The van der Waals surface area contributed by atoms with E-state index in [1.807, 2.05) is 4.68 Å². The van der Waals surface area contributed by atoms with Gasteiger partial charge in [-0.2, -0.15) is 4.98 Å². The fourth-order valence-corrected chi connectivity index (χ4v) is 2.80. The highest BCUT2D eigenvalue weighted by Crippen LogP contribution is 2.39. The first-order valence-electron chi connectivity index (χ1n) is 7.33. The van der Waals surface area contributed by atoms with Gasteiger partial charge in [0.05, 0.1) is 12.3 Å². The lowest BCUT2D eigenvalue weighted by Crippen LogP contribution is -2.22. The first kappa shape index (κ1) is 13.2. The smallest absolute Gasteiger partial charge is 0.229 e. The average Bonchev–Trinajstić information content (AvgIpc) is 3.41. The lowest BCUT2D eigenvalue weighted by Gasteiger charge is -2.04. The molecule has 0 radical (unpaired) electrons. The van der Waals surface area contributed by atoms with Crippen molar-refractivity contribution in [1.29, 1.82) is 0 Å². The zero-order valence-electron chi connectivity index (χ0n) is 11.6. The molecule has 2 fully saturated rings. The largest absolute Gasteiger partial charge is 0.339 e. The molecule has 2 heterocycles. The van der Waals surface area contributed by atoms with E-state index in [2.05, 4.69) is 31.0 Å². The second-order valence-corrected chi connectivity index (χ2v) is 6.47. The van der Waals surface area contributed by atoms with Crippen molar-refractivity contribution in [1.82, 2.24) is 35.7 Å². The predicted molar refractivity (Wildman–Crippen MR) is 74.7 cm³/mol. The Morgan fingerprint density at radius 1 is 1.29 bits per heavy atom. The average molecular weight is 307 g/mol. The van der Waals surface area contributed by atoms with Crippen LogP contribution in [0.4, 0.5) is 0 Å². The number of rotatable bonds is 8. The first-order chi connectivity index (χ1) is 10.4. The number of nitrogens with zero attached hydrogens (tertiary/aromatic N) is 6. The number of aromatic nitrogens is 6. The summed E-state index contributed by atoms with van der Waals surface area (Å²) in [6.45, 7) is 1.68. The normalized spacial score (nSPS) is 18.3. The van der Waals surface area contributed by atoms with E-state index in [4.69, 9.17) is 4.52 Å². The molecule has 2 aromatic rings. The topological polar surface area (TPSA) is 94.5 Å². The molecule has 21 heavy (non-hydrogen) atoms. The van der Waals surface area contributed by atoms with E-state index < -0.39 is 0 Å². The van der Waals surface area contributed by atoms with Crippen LogP contribution in [0.25, 0.3) is 0 Å². The van der Waals surface area contributed by atoms with E-state index in [0.29, 0.717) is 23.5 Å². The molecule has 0 aliphatic heterocycles. The summed E-state index contributed by atoms with van der Waals surface area (Å²) in [5.74, 6) is 2.62. The zero-order valence-corrected chi connectivity index (χ0v) is 12.4. The van der Waals surface area contributed by atoms with Gasteiger partial charge in [-0.25, -0.2) is 4.68 Å². The first-order valence-corrected chi connectivity index (χ1v) is 8.32. The molecular weight excluding hydrogens is 290 g/mol. The summed E-state index contributed by atoms with van der Waals surface area (Å²) < 4.78 is 7.07. The second kappa shape index (κ2) is 5.72. The van der Waals surface area contributed by atoms with Crippen LogP contribution in [-0.2, 0) is 12.3 Å². The summed E-state index contributed by atoms with van der Waals surface area (Å²) in [7, 11) is 0. The lowest BCUT2D eigenvalue weighted by atomic mass is 10.4. The van der Waals surface area contributed by atoms with Crippen molar-refractivity contribution in [3.05, 3.63) is 11.7 Å². The van der Waals surface area contributed by atoms with Gasteiger partial charge in [0.25, 0.3) is 0 Å². The van der Waals surface area contributed by atoms with Gasteiger partial charge in [-0.05, 0) is 36.1 Å². The molecule has 0 spiro atoms. The molecule has 2 aromatic heterocycles. The van der Waals surface area contributed by atoms with Crippen molar-refractivity contribution in [2.45, 2.75) is 55.1 Å². The van der Waals surface area contributed by atoms with Crippen molar-refractivity contribution in [3.8, 4) is 0 Å². The van der Waals surface area contributed by atoms with Crippen LogP contribution in [0, 0.1) is 0 Å². The van der Waals surface area contributed by atoms with Crippen molar-refractivity contribution in [3.63, 3.8) is 0 Å². The van der Waals surface area contributed by atoms with Crippen LogP contribution in [0.5, 0.6) is 0 Å². The zero-order chi connectivity index (χ0) is 14.1. The second-order valence-electron chi connectivity index (χ2n) is 5.52. The minimum absolute atomic E-state index is 0.495. The summed E-state index contributed by atoms with van der Waals surface area (Å²) in [6, 6.07) is 0.706.